The van der Waals surface area contributed by atoms with Crippen molar-refractivity contribution in [3.05, 3.63) is 72.9 Å². The Kier molecular flexibility index (Phi) is 30.8. The maximum atomic E-state index is 12.6. The highest BCUT2D eigenvalue weighted by Crippen LogP contribution is 2.12. The third-order valence-electron chi connectivity index (χ3n) is 7.90. The van der Waals surface area contributed by atoms with Crippen LogP contribution in [0, 0.1) is 0 Å². The topological polar surface area (TPSA) is 102 Å². The van der Waals surface area contributed by atoms with E-state index >= 15 is 0 Å². The number of likely N-dealkylation sites (N-methyl/N-ethyl adjacent to an activating group) is 1. The number of hydrogen-bond acceptors (Lipinski definition) is 7. The first-order chi connectivity index (χ1) is 24.1. The maximum Gasteiger partial charge on any atom is 0.306 e. The van der Waals surface area contributed by atoms with E-state index in [1.165, 1.54) is 19.3 Å². The average molecular weight is 700 g/mol. The van der Waals surface area contributed by atoms with Crippen molar-refractivity contribution in [2.75, 3.05) is 41.0 Å². The molecule has 8 nitrogen and oxygen atoms in total. The Bertz CT molecular complexity index is 1050. The largest absolute Gasteiger partial charge is 0.544 e. The van der Waals surface area contributed by atoms with Gasteiger partial charge in [-0.2, -0.15) is 0 Å². The van der Waals surface area contributed by atoms with Crippen molar-refractivity contribution in [1.82, 2.24) is 0 Å². The predicted molar refractivity (Wildman–Crippen MR) is 203 cm³/mol. The van der Waals surface area contributed by atoms with E-state index < -0.39 is 18.1 Å². The fraction of sp³-hybridized carbons (Fsp3) is 0.643. The standard InChI is InChI=1S/C42H69NO7/c1-6-8-10-12-14-16-18-19-20-21-23-25-27-29-31-33-41(45)50-38(36-48-35-34-39(42(46)47)43(3,4)5)37-49-40(44)32-30-28-26-24-22-17-15-13-11-9-7-2/h8-12,14-18,24,26,38-39H,6-7,13,19-23,25,27-37H2,1-5H3/b10-8+,11-9+,14-12+,17-15+,18-16+,26-24+. The Morgan fingerprint density at radius 2 is 1.18 bits per heavy atom. The van der Waals surface area contributed by atoms with Gasteiger partial charge in [-0.05, 0) is 57.8 Å². The van der Waals surface area contributed by atoms with Crippen LogP contribution in [-0.4, -0.2) is 75.5 Å². The quantitative estimate of drug-likeness (QED) is 0.0229. The van der Waals surface area contributed by atoms with Gasteiger partial charge < -0.3 is 28.6 Å². The Morgan fingerprint density at radius 1 is 0.620 bits per heavy atom. The van der Waals surface area contributed by atoms with Crippen LogP contribution in [0.5, 0.6) is 0 Å². The zero-order chi connectivity index (χ0) is 37.1. The second-order valence-corrected chi connectivity index (χ2v) is 13.5. The summed E-state index contributed by atoms with van der Waals surface area (Å²) in [6.07, 6.45) is 39.4. The van der Waals surface area contributed by atoms with Crippen molar-refractivity contribution < 1.29 is 38.2 Å². The summed E-state index contributed by atoms with van der Waals surface area (Å²) in [5.41, 5.74) is 0. The third-order valence-corrected chi connectivity index (χ3v) is 7.90. The molecule has 0 amide bonds. The Balaban J connectivity index is 4.51. The summed E-state index contributed by atoms with van der Waals surface area (Å²) in [6.45, 7) is 4.31. The van der Waals surface area contributed by atoms with E-state index in [4.69, 9.17) is 14.2 Å². The molecule has 0 N–H and O–H groups in total. The van der Waals surface area contributed by atoms with Gasteiger partial charge in [0.2, 0.25) is 0 Å². The van der Waals surface area contributed by atoms with Gasteiger partial charge in [0, 0.05) is 19.3 Å². The van der Waals surface area contributed by atoms with Crippen LogP contribution in [0.4, 0.5) is 0 Å². The molecule has 284 valence electrons. The number of esters is 2. The molecule has 0 aromatic carbocycles. The van der Waals surface area contributed by atoms with E-state index in [-0.39, 0.29) is 49.1 Å². The molecule has 0 aliphatic heterocycles. The van der Waals surface area contributed by atoms with E-state index in [9.17, 15) is 19.5 Å². The van der Waals surface area contributed by atoms with E-state index in [0.29, 0.717) is 12.8 Å². The number of unbranched alkanes of at least 4 members (excludes halogenated alkanes) is 8. The van der Waals surface area contributed by atoms with E-state index in [0.717, 1.165) is 64.2 Å². The average Bonchev–Trinajstić information content (AvgIpc) is 3.06. The molecule has 0 aliphatic rings. The fourth-order valence-electron chi connectivity index (χ4n) is 4.97. The summed E-state index contributed by atoms with van der Waals surface area (Å²) in [4.78, 5) is 36.6. The molecular formula is C42H69NO7. The minimum atomic E-state index is -1.14. The van der Waals surface area contributed by atoms with Crippen molar-refractivity contribution in [2.24, 2.45) is 0 Å². The molecule has 0 aliphatic carbocycles. The highest BCUT2D eigenvalue weighted by atomic mass is 16.6. The second-order valence-electron chi connectivity index (χ2n) is 13.5. The lowest BCUT2D eigenvalue weighted by atomic mass is 10.1. The summed E-state index contributed by atoms with van der Waals surface area (Å²) in [5.74, 6) is -1.84. The molecule has 0 bridgehead atoms. The van der Waals surface area contributed by atoms with Gasteiger partial charge in [-0.25, -0.2) is 0 Å². The van der Waals surface area contributed by atoms with Crippen molar-refractivity contribution in [2.45, 2.75) is 135 Å². The van der Waals surface area contributed by atoms with Crippen LogP contribution >= 0.6 is 0 Å². The summed E-state index contributed by atoms with van der Waals surface area (Å²) >= 11 is 0. The number of carbonyl (C=O) groups is 3. The summed E-state index contributed by atoms with van der Waals surface area (Å²) < 4.78 is 17.0. The van der Waals surface area contributed by atoms with Gasteiger partial charge in [0.05, 0.1) is 40.3 Å². The van der Waals surface area contributed by atoms with Gasteiger partial charge in [-0.1, -0.05) is 119 Å². The zero-order valence-electron chi connectivity index (χ0n) is 32.0. The van der Waals surface area contributed by atoms with Gasteiger partial charge in [-0.3, -0.25) is 9.59 Å². The molecule has 0 saturated heterocycles. The number of rotatable bonds is 32. The molecule has 8 heteroatoms. The number of aliphatic carboxylic acids is 1. The zero-order valence-corrected chi connectivity index (χ0v) is 32.0. The lowest BCUT2D eigenvalue weighted by molar-refractivity contribution is -0.889. The molecule has 0 fully saturated rings. The van der Waals surface area contributed by atoms with Crippen LogP contribution in [0.15, 0.2) is 72.9 Å². The molecule has 2 unspecified atom stereocenters. The summed E-state index contributed by atoms with van der Waals surface area (Å²) in [6, 6.07) is -0.737. The molecule has 0 saturated carbocycles. The first kappa shape index (κ1) is 46.8. The lowest BCUT2D eigenvalue weighted by Crippen LogP contribution is -2.55. The molecule has 0 spiro atoms. The predicted octanol–water partition coefficient (Wildman–Crippen LogP) is 8.29. The van der Waals surface area contributed by atoms with E-state index in [1.54, 1.807) is 21.1 Å². The number of allylic oxidation sites excluding steroid dienone is 12. The van der Waals surface area contributed by atoms with Gasteiger partial charge in [0.15, 0.2) is 6.10 Å². The number of hydrogen-bond donors (Lipinski definition) is 0. The smallest absolute Gasteiger partial charge is 0.306 e. The highest BCUT2D eigenvalue weighted by Gasteiger charge is 2.25. The second kappa shape index (κ2) is 32.9. The van der Waals surface area contributed by atoms with Gasteiger partial charge in [-0.15, -0.1) is 0 Å². The SMILES string of the molecule is CC/C=C/C=C/C=C/CCCCCCCCCC(=O)OC(COCCC(C(=O)[O-])[N+](C)(C)C)COC(=O)CCC/C=C/C/C=C/C/C=C/CC. The van der Waals surface area contributed by atoms with Crippen LogP contribution < -0.4 is 5.11 Å². The van der Waals surface area contributed by atoms with Crippen LogP contribution in [0.1, 0.15) is 123 Å². The first-order valence-corrected chi connectivity index (χ1v) is 19.0. The molecular weight excluding hydrogens is 630 g/mol. The Hall–Kier alpha value is -3.23. The molecule has 0 radical (unpaired) electrons. The number of carboxylic acids is 1. The first-order valence-electron chi connectivity index (χ1n) is 19.0. The van der Waals surface area contributed by atoms with Crippen molar-refractivity contribution in [3.8, 4) is 0 Å². The van der Waals surface area contributed by atoms with Crippen molar-refractivity contribution >= 4 is 17.9 Å². The van der Waals surface area contributed by atoms with Crippen LogP contribution in [-0.2, 0) is 28.6 Å². The summed E-state index contributed by atoms with van der Waals surface area (Å²) in [5, 5.41) is 11.6. The van der Waals surface area contributed by atoms with Crippen molar-refractivity contribution in [1.29, 1.82) is 0 Å². The molecule has 50 heavy (non-hydrogen) atoms. The van der Waals surface area contributed by atoms with Crippen LogP contribution in [0.2, 0.25) is 0 Å². The van der Waals surface area contributed by atoms with Crippen LogP contribution in [0.25, 0.3) is 0 Å². The minimum absolute atomic E-state index is 0.0157. The Morgan fingerprint density at radius 3 is 1.82 bits per heavy atom. The molecule has 2 atom stereocenters. The highest BCUT2D eigenvalue weighted by molar-refractivity contribution is 5.70. The monoisotopic (exact) mass is 700 g/mol. The van der Waals surface area contributed by atoms with Gasteiger partial charge in [0.1, 0.15) is 12.6 Å². The maximum absolute atomic E-state index is 12.6. The van der Waals surface area contributed by atoms with Gasteiger partial charge in [0.25, 0.3) is 0 Å². The normalized spacial score (nSPS) is 13.9. The Labute approximate surface area is 304 Å². The number of carboxylic acid groups (broad SMARTS) is 1. The van der Waals surface area contributed by atoms with E-state index in [1.807, 2.05) is 0 Å². The minimum Gasteiger partial charge on any atom is -0.544 e. The lowest BCUT2D eigenvalue weighted by Gasteiger charge is -2.34. The number of ether oxygens (including phenoxy) is 3. The van der Waals surface area contributed by atoms with Crippen LogP contribution in [0.3, 0.4) is 0 Å². The summed E-state index contributed by atoms with van der Waals surface area (Å²) in [7, 11) is 5.37. The molecule has 0 heterocycles. The number of nitrogens with zero attached hydrogens (tertiary/aromatic N) is 1. The number of carbonyl (C=O) groups excluding carboxylic acids is 3. The molecule has 0 aromatic heterocycles. The molecule has 0 rings (SSSR count). The number of quaternary nitrogens is 1. The molecule has 0 aromatic rings. The van der Waals surface area contributed by atoms with Gasteiger partial charge >= 0.3 is 11.9 Å². The van der Waals surface area contributed by atoms with E-state index in [2.05, 4.69) is 86.8 Å². The third kappa shape index (κ3) is 30.8. The fourth-order valence-corrected chi connectivity index (χ4v) is 4.97. The van der Waals surface area contributed by atoms with Crippen molar-refractivity contribution in [3.63, 3.8) is 0 Å².